The zero-order valence-corrected chi connectivity index (χ0v) is 8.58. The molecular weight excluding hydrogens is 210 g/mol. The fourth-order valence-electron chi connectivity index (χ4n) is 1.39. The Morgan fingerprint density at radius 2 is 1.93 bits per heavy atom. The van der Waals surface area contributed by atoms with Gasteiger partial charge in [-0.15, -0.1) is 0 Å². The molecule has 0 N–H and O–H groups in total. The van der Waals surface area contributed by atoms with Crippen molar-refractivity contribution in [3.63, 3.8) is 0 Å². The number of imide groups is 1. The van der Waals surface area contributed by atoms with Crippen molar-refractivity contribution in [1.82, 2.24) is 4.90 Å². The molecule has 1 aliphatic rings. The van der Waals surface area contributed by atoms with Gasteiger partial charge in [-0.25, -0.2) is 8.42 Å². The summed E-state index contributed by atoms with van der Waals surface area (Å²) in [6.07, 6.45) is -0.525. The average Bonchev–Trinajstić information content (AvgIpc) is 2.24. The lowest BCUT2D eigenvalue weighted by molar-refractivity contribution is -0.140. The minimum absolute atomic E-state index is 0.415. The van der Waals surface area contributed by atoms with Crippen molar-refractivity contribution in [2.75, 3.05) is 0 Å². The molecule has 7 heteroatoms. The van der Waals surface area contributed by atoms with E-state index in [1.807, 2.05) is 0 Å². The second-order valence-corrected chi connectivity index (χ2v) is 4.94. The van der Waals surface area contributed by atoms with Crippen LogP contribution in [0.4, 0.5) is 0 Å². The van der Waals surface area contributed by atoms with Crippen molar-refractivity contribution in [2.24, 2.45) is 0 Å². The fraction of sp³-hybridized carbons (Fsp3) is 0.714. The summed E-state index contributed by atoms with van der Waals surface area (Å²) in [5, 5.41) is -1.72. The standard InChI is InChI=1S/C7H11NO5S/c1-4(2)8-6(9)3-5(7(8)10)14(11,12)13/h4-5H,3H2,1-2H3,(H,11,12,13)/p-1. The summed E-state index contributed by atoms with van der Waals surface area (Å²) in [6, 6.07) is -0.415. The molecule has 1 saturated heterocycles. The number of amides is 2. The van der Waals surface area contributed by atoms with Crippen LogP contribution in [0.15, 0.2) is 0 Å². The zero-order valence-electron chi connectivity index (χ0n) is 7.76. The quantitative estimate of drug-likeness (QED) is 0.442. The lowest BCUT2D eigenvalue weighted by atomic mass is 10.3. The second-order valence-electron chi connectivity index (χ2n) is 3.38. The minimum atomic E-state index is -4.71. The van der Waals surface area contributed by atoms with Crippen molar-refractivity contribution in [3.05, 3.63) is 0 Å². The smallest absolute Gasteiger partial charge is 0.247 e. The van der Waals surface area contributed by atoms with Gasteiger partial charge >= 0.3 is 0 Å². The summed E-state index contributed by atoms with van der Waals surface area (Å²) in [5.41, 5.74) is 0. The molecule has 14 heavy (non-hydrogen) atoms. The van der Waals surface area contributed by atoms with Crippen LogP contribution in [0, 0.1) is 0 Å². The molecule has 1 fully saturated rings. The van der Waals surface area contributed by atoms with Gasteiger partial charge < -0.3 is 4.55 Å². The molecule has 0 radical (unpaired) electrons. The van der Waals surface area contributed by atoms with Crippen molar-refractivity contribution in [1.29, 1.82) is 0 Å². The summed E-state index contributed by atoms with van der Waals surface area (Å²) in [4.78, 5) is 23.3. The highest BCUT2D eigenvalue weighted by Crippen LogP contribution is 2.21. The van der Waals surface area contributed by atoms with Crippen molar-refractivity contribution in [3.8, 4) is 0 Å². The van der Waals surface area contributed by atoms with Crippen LogP contribution in [-0.2, 0) is 19.7 Å². The molecule has 80 valence electrons. The third kappa shape index (κ3) is 1.78. The number of hydrogen-bond acceptors (Lipinski definition) is 5. The molecule has 0 aliphatic carbocycles. The Morgan fingerprint density at radius 3 is 2.14 bits per heavy atom. The molecule has 1 rings (SSSR count). The monoisotopic (exact) mass is 220 g/mol. The third-order valence-corrected chi connectivity index (χ3v) is 3.07. The van der Waals surface area contributed by atoms with Crippen LogP contribution in [0.1, 0.15) is 20.3 Å². The first-order chi connectivity index (χ1) is 6.25. The Kier molecular flexibility index (Phi) is 2.64. The zero-order chi connectivity index (χ0) is 11.1. The van der Waals surface area contributed by atoms with Gasteiger partial charge in [-0.1, -0.05) is 0 Å². The van der Waals surface area contributed by atoms with Crippen LogP contribution < -0.4 is 0 Å². The highest BCUT2D eigenvalue weighted by molar-refractivity contribution is 7.87. The number of carbonyl (C=O) groups is 2. The predicted molar refractivity (Wildman–Crippen MR) is 45.1 cm³/mol. The van der Waals surface area contributed by atoms with Gasteiger partial charge in [-0.2, -0.15) is 0 Å². The predicted octanol–water partition coefficient (Wildman–Crippen LogP) is -0.933. The van der Waals surface area contributed by atoms with Crippen LogP contribution in [0.2, 0.25) is 0 Å². The highest BCUT2D eigenvalue weighted by Gasteiger charge is 2.43. The van der Waals surface area contributed by atoms with E-state index >= 15 is 0 Å². The van der Waals surface area contributed by atoms with Crippen molar-refractivity contribution in [2.45, 2.75) is 31.6 Å². The molecule has 1 atom stereocenters. The highest BCUT2D eigenvalue weighted by atomic mass is 32.2. The van der Waals surface area contributed by atoms with Crippen LogP contribution in [0.3, 0.4) is 0 Å². The van der Waals surface area contributed by atoms with Gasteiger partial charge in [0.05, 0.1) is 6.42 Å². The van der Waals surface area contributed by atoms with E-state index < -0.39 is 39.6 Å². The van der Waals surface area contributed by atoms with Gasteiger partial charge in [-0.3, -0.25) is 14.5 Å². The lowest BCUT2D eigenvalue weighted by Gasteiger charge is -2.19. The number of carbonyl (C=O) groups excluding carboxylic acids is 2. The fourth-order valence-corrected chi connectivity index (χ4v) is 2.10. The summed E-state index contributed by atoms with van der Waals surface area (Å²) in [6.45, 7) is 3.16. The molecule has 1 unspecified atom stereocenters. The second kappa shape index (κ2) is 3.32. The maximum Gasteiger partial charge on any atom is 0.247 e. The number of rotatable bonds is 2. The van der Waals surface area contributed by atoms with Crippen LogP contribution in [0.5, 0.6) is 0 Å². The Bertz CT molecular complexity index is 372. The van der Waals surface area contributed by atoms with E-state index in [1.54, 1.807) is 13.8 Å². The summed E-state index contributed by atoms with van der Waals surface area (Å²) < 4.78 is 31.8. The lowest BCUT2D eigenvalue weighted by Crippen LogP contribution is -2.39. The van der Waals surface area contributed by atoms with Crippen molar-refractivity contribution >= 4 is 21.9 Å². The molecule has 6 nitrogen and oxygen atoms in total. The van der Waals surface area contributed by atoms with E-state index in [9.17, 15) is 22.6 Å². The number of nitrogens with zero attached hydrogens (tertiary/aromatic N) is 1. The maximum absolute atomic E-state index is 11.3. The maximum atomic E-state index is 11.3. The van der Waals surface area contributed by atoms with E-state index in [1.165, 1.54) is 0 Å². The summed E-state index contributed by atoms with van der Waals surface area (Å²) in [7, 11) is -4.71. The van der Waals surface area contributed by atoms with E-state index in [4.69, 9.17) is 0 Å². The Hall–Kier alpha value is -0.950. The molecule has 0 saturated carbocycles. The van der Waals surface area contributed by atoms with Gasteiger partial charge in [-0.05, 0) is 13.8 Å². The normalized spacial score (nSPS) is 23.7. The van der Waals surface area contributed by atoms with E-state index in [0.717, 1.165) is 4.90 Å². The molecule has 0 spiro atoms. The van der Waals surface area contributed by atoms with Gasteiger partial charge in [0.25, 0.3) is 0 Å². The number of likely N-dealkylation sites (tertiary alicyclic amines) is 1. The molecular formula is C7H10NO5S-. The van der Waals surface area contributed by atoms with E-state index in [0.29, 0.717) is 0 Å². The Balaban J connectivity index is 3.02. The van der Waals surface area contributed by atoms with Gasteiger partial charge in [0, 0.05) is 6.04 Å². The van der Waals surface area contributed by atoms with Crippen LogP contribution >= 0.6 is 0 Å². The molecule has 0 aromatic rings. The largest absolute Gasteiger partial charge is 0.747 e. The van der Waals surface area contributed by atoms with Gasteiger partial charge in [0.1, 0.15) is 15.4 Å². The first-order valence-corrected chi connectivity index (χ1v) is 5.53. The number of hydrogen-bond donors (Lipinski definition) is 0. The topological polar surface area (TPSA) is 94.6 Å². The summed E-state index contributed by atoms with van der Waals surface area (Å²) >= 11 is 0. The third-order valence-electron chi connectivity index (χ3n) is 2.01. The van der Waals surface area contributed by atoms with E-state index in [2.05, 4.69) is 0 Å². The van der Waals surface area contributed by atoms with Crippen LogP contribution in [-0.4, -0.2) is 41.0 Å². The summed E-state index contributed by atoms with van der Waals surface area (Å²) in [5.74, 6) is -1.51. The Morgan fingerprint density at radius 1 is 1.43 bits per heavy atom. The first kappa shape index (κ1) is 11.1. The molecule has 0 bridgehead atoms. The Labute approximate surface area is 81.6 Å². The molecule has 2 amide bonds. The minimum Gasteiger partial charge on any atom is -0.747 e. The van der Waals surface area contributed by atoms with Crippen molar-refractivity contribution < 1.29 is 22.6 Å². The first-order valence-electron chi connectivity index (χ1n) is 4.05. The molecule has 1 aliphatic heterocycles. The van der Waals surface area contributed by atoms with Gasteiger partial charge in [0.15, 0.2) is 0 Å². The van der Waals surface area contributed by atoms with E-state index in [-0.39, 0.29) is 0 Å². The molecule has 1 heterocycles. The molecule has 0 aromatic heterocycles. The SMILES string of the molecule is CC(C)N1C(=O)CC(S(=O)(=O)[O-])C1=O. The molecule has 0 aromatic carbocycles. The average molecular weight is 220 g/mol. The van der Waals surface area contributed by atoms with Gasteiger partial charge in [0.2, 0.25) is 11.8 Å². The van der Waals surface area contributed by atoms with Crippen LogP contribution in [0.25, 0.3) is 0 Å².